The van der Waals surface area contributed by atoms with Crippen molar-refractivity contribution in [3.63, 3.8) is 0 Å². The molecule has 1 atom stereocenters. The molecule has 0 aliphatic heterocycles. The molecule has 120 valence electrons. The van der Waals surface area contributed by atoms with Gasteiger partial charge >= 0.3 is 11.8 Å². The molecule has 0 spiro atoms. The number of carbonyl (C=O) groups excluding carboxylic acids is 2. The molecule has 0 saturated heterocycles. The maximum absolute atomic E-state index is 12.4. The lowest BCUT2D eigenvalue weighted by Crippen LogP contribution is -2.43. The molecular formula is C19H22N2O2. The van der Waals surface area contributed by atoms with Crippen molar-refractivity contribution in [3.05, 3.63) is 71.8 Å². The lowest BCUT2D eigenvalue weighted by Gasteiger charge is -2.22. The Balaban J connectivity index is 1.98. The van der Waals surface area contributed by atoms with Crippen molar-refractivity contribution in [2.75, 3.05) is 6.54 Å². The predicted octanol–water partition coefficient (Wildman–Crippen LogP) is 2.91. The highest BCUT2D eigenvalue weighted by Crippen LogP contribution is 2.11. The van der Waals surface area contributed by atoms with Gasteiger partial charge in [-0.1, -0.05) is 60.7 Å². The molecule has 23 heavy (non-hydrogen) atoms. The first-order chi connectivity index (χ1) is 11.1. The quantitative estimate of drug-likeness (QED) is 0.863. The minimum Gasteiger partial charge on any atom is -0.341 e. The summed E-state index contributed by atoms with van der Waals surface area (Å²) in [7, 11) is 0. The molecule has 2 rings (SSSR count). The second-order valence-electron chi connectivity index (χ2n) is 5.41. The number of amides is 2. The summed E-state index contributed by atoms with van der Waals surface area (Å²) in [5.74, 6) is -1.07. The van der Waals surface area contributed by atoms with Gasteiger partial charge in [-0.3, -0.25) is 9.59 Å². The molecule has 4 nitrogen and oxygen atoms in total. The van der Waals surface area contributed by atoms with E-state index in [2.05, 4.69) is 5.32 Å². The van der Waals surface area contributed by atoms with Gasteiger partial charge < -0.3 is 10.2 Å². The van der Waals surface area contributed by atoms with Crippen molar-refractivity contribution >= 4 is 11.8 Å². The van der Waals surface area contributed by atoms with E-state index in [-0.39, 0.29) is 6.04 Å². The van der Waals surface area contributed by atoms with Gasteiger partial charge in [0.2, 0.25) is 0 Å². The molecule has 0 aliphatic rings. The van der Waals surface area contributed by atoms with E-state index in [1.54, 1.807) is 4.90 Å². The number of carbonyl (C=O) groups is 2. The van der Waals surface area contributed by atoms with Gasteiger partial charge in [0.05, 0.1) is 6.04 Å². The summed E-state index contributed by atoms with van der Waals surface area (Å²) in [5, 5.41) is 2.77. The highest BCUT2D eigenvalue weighted by atomic mass is 16.2. The minimum atomic E-state index is -0.570. The molecule has 0 bridgehead atoms. The zero-order valence-electron chi connectivity index (χ0n) is 13.5. The summed E-state index contributed by atoms with van der Waals surface area (Å²) in [6.45, 7) is 4.66. The van der Waals surface area contributed by atoms with Crippen LogP contribution in [0.15, 0.2) is 60.7 Å². The number of hydrogen-bond acceptors (Lipinski definition) is 2. The van der Waals surface area contributed by atoms with Crippen molar-refractivity contribution in [1.29, 1.82) is 0 Å². The molecular weight excluding hydrogens is 288 g/mol. The zero-order chi connectivity index (χ0) is 16.7. The fraction of sp³-hybridized carbons (Fsp3) is 0.263. The van der Waals surface area contributed by atoms with Crippen LogP contribution in [-0.4, -0.2) is 23.3 Å². The van der Waals surface area contributed by atoms with Gasteiger partial charge in [0.15, 0.2) is 0 Å². The van der Waals surface area contributed by atoms with E-state index in [1.807, 2.05) is 74.5 Å². The molecule has 2 aromatic carbocycles. The number of nitrogens with one attached hydrogen (secondary N) is 1. The van der Waals surface area contributed by atoms with E-state index in [9.17, 15) is 9.59 Å². The van der Waals surface area contributed by atoms with Crippen LogP contribution in [0.1, 0.15) is 31.0 Å². The van der Waals surface area contributed by atoms with Crippen molar-refractivity contribution in [2.24, 2.45) is 0 Å². The third-order valence-electron chi connectivity index (χ3n) is 3.73. The smallest absolute Gasteiger partial charge is 0.312 e. The first-order valence-corrected chi connectivity index (χ1v) is 7.80. The number of hydrogen-bond donors (Lipinski definition) is 1. The standard InChI is InChI=1S/C19H22N2O2/c1-3-21(14-16-10-6-4-7-11-16)19(23)18(22)20-15(2)17-12-8-5-9-13-17/h4-13,15H,3,14H2,1-2H3,(H,20,22)/t15-/m0/s1. The van der Waals surface area contributed by atoms with Crippen LogP contribution >= 0.6 is 0 Å². The largest absolute Gasteiger partial charge is 0.341 e. The van der Waals surface area contributed by atoms with E-state index >= 15 is 0 Å². The van der Waals surface area contributed by atoms with Gasteiger partial charge in [-0.05, 0) is 25.0 Å². The molecule has 0 heterocycles. The molecule has 2 aromatic rings. The van der Waals surface area contributed by atoms with Crippen LogP contribution in [0.4, 0.5) is 0 Å². The molecule has 0 saturated carbocycles. The van der Waals surface area contributed by atoms with E-state index in [0.717, 1.165) is 11.1 Å². The predicted molar refractivity (Wildman–Crippen MR) is 90.5 cm³/mol. The van der Waals surface area contributed by atoms with Crippen molar-refractivity contribution in [2.45, 2.75) is 26.4 Å². The molecule has 0 aromatic heterocycles. The Morgan fingerprint density at radius 3 is 2.13 bits per heavy atom. The van der Waals surface area contributed by atoms with Crippen molar-refractivity contribution in [1.82, 2.24) is 10.2 Å². The third-order valence-corrected chi connectivity index (χ3v) is 3.73. The molecule has 0 aliphatic carbocycles. The van der Waals surface area contributed by atoms with E-state index < -0.39 is 11.8 Å². The van der Waals surface area contributed by atoms with Gasteiger partial charge in [0.25, 0.3) is 0 Å². The zero-order valence-corrected chi connectivity index (χ0v) is 13.5. The summed E-state index contributed by atoms with van der Waals surface area (Å²) in [5.41, 5.74) is 1.98. The summed E-state index contributed by atoms with van der Waals surface area (Å²) < 4.78 is 0. The summed E-state index contributed by atoms with van der Waals surface area (Å²) >= 11 is 0. The highest BCUT2D eigenvalue weighted by Gasteiger charge is 2.22. The van der Waals surface area contributed by atoms with Crippen molar-refractivity contribution in [3.8, 4) is 0 Å². The minimum absolute atomic E-state index is 0.205. The Kier molecular flexibility index (Phi) is 5.92. The third kappa shape index (κ3) is 4.68. The first-order valence-electron chi connectivity index (χ1n) is 7.80. The Morgan fingerprint density at radius 2 is 1.57 bits per heavy atom. The fourth-order valence-electron chi connectivity index (χ4n) is 2.36. The lowest BCUT2D eigenvalue weighted by atomic mass is 10.1. The number of nitrogens with zero attached hydrogens (tertiary/aromatic N) is 1. The van der Waals surface area contributed by atoms with Gasteiger partial charge in [-0.2, -0.15) is 0 Å². The molecule has 0 fully saturated rings. The summed E-state index contributed by atoms with van der Waals surface area (Å²) in [4.78, 5) is 26.1. The topological polar surface area (TPSA) is 49.4 Å². The highest BCUT2D eigenvalue weighted by molar-refractivity contribution is 6.35. The van der Waals surface area contributed by atoms with Gasteiger partial charge in [-0.25, -0.2) is 0 Å². The first kappa shape index (κ1) is 16.7. The number of benzene rings is 2. The molecule has 0 radical (unpaired) electrons. The molecule has 1 N–H and O–H groups in total. The SMILES string of the molecule is CCN(Cc1ccccc1)C(=O)C(=O)N[C@@H](C)c1ccccc1. The van der Waals surface area contributed by atoms with Crippen LogP contribution in [-0.2, 0) is 16.1 Å². The average Bonchev–Trinajstić information content (AvgIpc) is 2.60. The van der Waals surface area contributed by atoms with Gasteiger partial charge in [0.1, 0.15) is 0 Å². The molecule has 0 unspecified atom stereocenters. The second kappa shape index (κ2) is 8.13. The number of rotatable bonds is 5. The van der Waals surface area contributed by atoms with Crippen LogP contribution in [0, 0.1) is 0 Å². The van der Waals surface area contributed by atoms with Crippen LogP contribution in [0.3, 0.4) is 0 Å². The van der Waals surface area contributed by atoms with Crippen LogP contribution in [0.25, 0.3) is 0 Å². The van der Waals surface area contributed by atoms with Crippen LogP contribution in [0.2, 0.25) is 0 Å². The monoisotopic (exact) mass is 310 g/mol. The second-order valence-corrected chi connectivity index (χ2v) is 5.41. The molecule has 2 amide bonds. The molecule has 4 heteroatoms. The van der Waals surface area contributed by atoms with Crippen LogP contribution in [0.5, 0.6) is 0 Å². The fourth-order valence-corrected chi connectivity index (χ4v) is 2.36. The maximum Gasteiger partial charge on any atom is 0.312 e. The van der Waals surface area contributed by atoms with E-state index in [1.165, 1.54) is 0 Å². The van der Waals surface area contributed by atoms with E-state index in [4.69, 9.17) is 0 Å². The van der Waals surface area contributed by atoms with Crippen LogP contribution < -0.4 is 5.32 Å². The Labute approximate surface area is 137 Å². The van der Waals surface area contributed by atoms with Gasteiger partial charge in [0, 0.05) is 13.1 Å². The Morgan fingerprint density at radius 1 is 1.00 bits per heavy atom. The van der Waals surface area contributed by atoms with Crippen molar-refractivity contribution < 1.29 is 9.59 Å². The maximum atomic E-state index is 12.4. The lowest BCUT2D eigenvalue weighted by molar-refractivity contribution is -0.146. The van der Waals surface area contributed by atoms with E-state index in [0.29, 0.717) is 13.1 Å². The Hall–Kier alpha value is -2.62. The summed E-state index contributed by atoms with van der Waals surface area (Å²) in [6.07, 6.45) is 0. The normalized spacial score (nSPS) is 11.6. The average molecular weight is 310 g/mol. The van der Waals surface area contributed by atoms with Gasteiger partial charge in [-0.15, -0.1) is 0 Å². The summed E-state index contributed by atoms with van der Waals surface area (Å²) in [6, 6.07) is 19.0. The Bertz CT molecular complexity index is 641. The number of likely N-dealkylation sites (N-methyl/N-ethyl adjacent to an activating group) is 1.